The first-order chi connectivity index (χ1) is 12.0. The van der Waals surface area contributed by atoms with Crippen molar-refractivity contribution < 1.29 is 13.5 Å². The van der Waals surface area contributed by atoms with Gasteiger partial charge in [0.25, 0.3) is 0 Å². The minimum Gasteiger partial charge on any atom is -0.382 e. The quantitative estimate of drug-likeness (QED) is 0.615. The number of rotatable bonds is 8. The summed E-state index contributed by atoms with van der Waals surface area (Å²) in [6.45, 7) is 0.249. The van der Waals surface area contributed by atoms with Crippen LogP contribution in [0.1, 0.15) is 26.3 Å². The van der Waals surface area contributed by atoms with Crippen LogP contribution in [0.3, 0.4) is 0 Å². The summed E-state index contributed by atoms with van der Waals surface area (Å²) >= 11 is 2.93. The molecule has 0 aliphatic rings. The van der Waals surface area contributed by atoms with Crippen molar-refractivity contribution in [3.63, 3.8) is 0 Å². The molecule has 1 unspecified atom stereocenters. The molecule has 0 aliphatic heterocycles. The van der Waals surface area contributed by atoms with Gasteiger partial charge in [-0.3, -0.25) is 0 Å². The summed E-state index contributed by atoms with van der Waals surface area (Å²) in [7, 11) is -3.34. The highest BCUT2D eigenvalue weighted by atomic mass is 32.2. The Kier molecular flexibility index (Phi) is 6.03. The molecule has 4 nitrogen and oxygen atoms in total. The maximum Gasteiger partial charge on any atom is 0.212 e. The average molecular weight is 394 g/mol. The monoisotopic (exact) mass is 393 g/mol. The van der Waals surface area contributed by atoms with Crippen molar-refractivity contribution in [2.75, 3.05) is 5.75 Å². The van der Waals surface area contributed by atoms with E-state index in [-0.39, 0.29) is 12.3 Å². The first-order valence-corrected chi connectivity index (χ1v) is 11.2. The molecular formula is C18H19NO3S3. The zero-order chi connectivity index (χ0) is 17.7. The molecule has 7 heteroatoms. The Hall–Kier alpha value is -1.51. The largest absolute Gasteiger partial charge is 0.382 e. The van der Waals surface area contributed by atoms with Crippen LogP contribution in [-0.2, 0) is 23.0 Å². The van der Waals surface area contributed by atoms with Crippen LogP contribution >= 0.6 is 22.7 Å². The number of nitrogens with one attached hydrogen (secondary N) is 1. The fourth-order valence-electron chi connectivity index (χ4n) is 2.37. The van der Waals surface area contributed by atoms with Crippen molar-refractivity contribution in [2.24, 2.45) is 0 Å². The van der Waals surface area contributed by atoms with Crippen LogP contribution < -0.4 is 4.72 Å². The summed E-state index contributed by atoms with van der Waals surface area (Å²) in [6, 6.07) is 17.1. The molecule has 0 spiro atoms. The molecule has 3 rings (SSSR count). The molecule has 2 aromatic heterocycles. The van der Waals surface area contributed by atoms with E-state index in [1.54, 1.807) is 0 Å². The van der Waals surface area contributed by atoms with Crippen LogP contribution in [0.15, 0.2) is 60.0 Å². The number of sulfonamides is 1. The van der Waals surface area contributed by atoms with Gasteiger partial charge in [-0.1, -0.05) is 36.4 Å². The standard InChI is InChI=1S/C18H19NO3S3/c20-18(16-7-4-11-23-16)17-9-8-15(24-17)13-19-25(21,22)12-10-14-5-2-1-3-6-14/h1-9,11,18-20H,10,12-13H2. The number of hydrogen-bond donors (Lipinski definition) is 2. The smallest absolute Gasteiger partial charge is 0.212 e. The van der Waals surface area contributed by atoms with Crippen molar-refractivity contribution in [3.8, 4) is 0 Å². The zero-order valence-corrected chi connectivity index (χ0v) is 15.9. The summed E-state index contributed by atoms with van der Waals surface area (Å²) < 4.78 is 26.9. The molecule has 0 saturated heterocycles. The topological polar surface area (TPSA) is 66.4 Å². The van der Waals surface area contributed by atoms with Crippen LogP contribution in [0.2, 0.25) is 0 Å². The number of aliphatic hydroxyl groups is 1. The number of thiophene rings is 2. The van der Waals surface area contributed by atoms with Gasteiger partial charge in [-0.15, -0.1) is 22.7 Å². The highest BCUT2D eigenvalue weighted by Gasteiger charge is 2.15. The molecule has 0 bridgehead atoms. The van der Waals surface area contributed by atoms with Gasteiger partial charge >= 0.3 is 0 Å². The van der Waals surface area contributed by atoms with Gasteiger partial charge in [0.15, 0.2) is 0 Å². The Labute approximate surface area is 155 Å². The van der Waals surface area contributed by atoms with Gasteiger partial charge in [0.05, 0.1) is 5.75 Å². The molecule has 2 heterocycles. The van der Waals surface area contributed by atoms with Gasteiger partial charge in [-0.25, -0.2) is 13.1 Å². The summed E-state index contributed by atoms with van der Waals surface area (Å²) in [5.74, 6) is 0.0626. The molecular weight excluding hydrogens is 374 g/mol. The number of hydrogen-bond acceptors (Lipinski definition) is 5. The van der Waals surface area contributed by atoms with Gasteiger partial charge in [0.2, 0.25) is 10.0 Å². The first-order valence-electron chi connectivity index (χ1n) is 7.85. The van der Waals surface area contributed by atoms with Crippen molar-refractivity contribution in [1.82, 2.24) is 4.72 Å². The minimum atomic E-state index is -3.34. The predicted molar refractivity (Wildman–Crippen MR) is 103 cm³/mol. The average Bonchev–Trinajstić information content (AvgIpc) is 3.31. The molecule has 1 aromatic carbocycles. The van der Waals surface area contributed by atoms with Crippen LogP contribution in [0.5, 0.6) is 0 Å². The van der Waals surface area contributed by atoms with Crippen molar-refractivity contribution >= 4 is 32.7 Å². The second-order valence-corrected chi connectivity index (χ2v) is 9.70. The van der Waals surface area contributed by atoms with E-state index in [9.17, 15) is 13.5 Å². The normalized spacial score (nSPS) is 13.0. The minimum absolute atomic E-state index is 0.0626. The summed E-state index contributed by atoms with van der Waals surface area (Å²) in [4.78, 5) is 2.59. The lowest BCUT2D eigenvalue weighted by atomic mass is 10.2. The predicted octanol–water partition coefficient (Wildman–Crippen LogP) is 3.55. The maximum atomic E-state index is 12.2. The van der Waals surface area contributed by atoms with Gasteiger partial charge < -0.3 is 5.11 Å². The van der Waals surface area contributed by atoms with E-state index in [0.717, 1.165) is 20.2 Å². The Morgan fingerprint density at radius 3 is 2.52 bits per heavy atom. The van der Waals surface area contributed by atoms with E-state index in [4.69, 9.17) is 0 Å². The lowest BCUT2D eigenvalue weighted by Crippen LogP contribution is -2.26. The van der Waals surface area contributed by atoms with Crippen LogP contribution in [0, 0.1) is 0 Å². The van der Waals surface area contributed by atoms with Gasteiger partial charge in [0.1, 0.15) is 6.10 Å². The third-order valence-corrected chi connectivity index (χ3v) is 7.12. The van der Waals surface area contributed by atoms with Gasteiger partial charge in [-0.2, -0.15) is 0 Å². The molecule has 0 fully saturated rings. The van der Waals surface area contributed by atoms with Crippen molar-refractivity contribution in [2.45, 2.75) is 19.1 Å². The third kappa shape index (κ3) is 5.23. The highest BCUT2D eigenvalue weighted by molar-refractivity contribution is 7.89. The lowest BCUT2D eigenvalue weighted by Gasteiger charge is -2.06. The molecule has 0 amide bonds. The summed E-state index contributed by atoms with van der Waals surface area (Å²) in [6.07, 6.45) is -0.156. The Bertz CT molecular complexity index is 887. The van der Waals surface area contributed by atoms with Crippen LogP contribution in [0.25, 0.3) is 0 Å². The van der Waals surface area contributed by atoms with E-state index >= 15 is 0 Å². The molecule has 0 aliphatic carbocycles. The molecule has 0 saturated carbocycles. The fraction of sp³-hybridized carbons (Fsp3) is 0.222. The zero-order valence-electron chi connectivity index (χ0n) is 13.5. The van der Waals surface area contributed by atoms with Crippen LogP contribution in [-0.4, -0.2) is 19.3 Å². The Morgan fingerprint density at radius 2 is 1.80 bits per heavy atom. The van der Waals surface area contributed by atoms with Crippen molar-refractivity contribution in [3.05, 3.63) is 80.2 Å². The lowest BCUT2D eigenvalue weighted by molar-refractivity contribution is 0.228. The van der Waals surface area contributed by atoms with Crippen molar-refractivity contribution in [1.29, 1.82) is 0 Å². The third-order valence-electron chi connectivity index (χ3n) is 3.73. The molecule has 3 aromatic rings. The Morgan fingerprint density at radius 1 is 1.00 bits per heavy atom. The highest BCUT2D eigenvalue weighted by Crippen LogP contribution is 2.30. The molecule has 25 heavy (non-hydrogen) atoms. The van der Waals surface area contributed by atoms with E-state index in [1.165, 1.54) is 22.7 Å². The van der Waals surface area contributed by atoms with E-state index < -0.39 is 16.1 Å². The summed E-state index contributed by atoms with van der Waals surface area (Å²) in [5.41, 5.74) is 1.00. The second kappa shape index (κ2) is 8.25. The SMILES string of the molecule is O=S(=O)(CCc1ccccc1)NCc1ccc(C(O)c2cccs2)s1. The first kappa shape index (κ1) is 18.3. The van der Waals surface area contributed by atoms with E-state index in [0.29, 0.717) is 6.42 Å². The molecule has 0 radical (unpaired) electrons. The van der Waals surface area contributed by atoms with Crippen LogP contribution in [0.4, 0.5) is 0 Å². The second-order valence-electron chi connectivity index (χ2n) is 5.60. The number of aliphatic hydroxyl groups excluding tert-OH is 1. The number of aryl methyl sites for hydroxylation is 1. The molecule has 2 N–H and O–H groups in total. The summed E-state index contributed by atoms with van der Waals surface area (Å²) in [5, 5.41) is 12.2. The van der Waals surface area contributed by atoms with E-state index in [1.807, 2.05) is 60.0 Å². The van der Waals surface area contributed by atoms with E-state index in [2.05, 4.69) is 4.72 Å². The van der Waals surface area contributed by atoms with Gasteiger partial charge in [-0.05, 0) is 35.6 Å². The fourth-order valence-corrected chi connectivity index (χ4v) is 5.25. The van der Waals surface area contributed by atoms with Gasteiger partial charge in [0, 0.05) is 21.2 Å². The Balaban J connectivity index is 1.54. The maximum absolute atomic E-state index is 12.2. The molecule has 1 atom stereocenters. The molecule has 132 valence electrons. The number of benzene rings is 1.